The van der Waals surface area contributed by atoms with Gasteiger partial charge in [0, 0.05) is 6.07 Å². The van der Waals surface area contributed by atoms with Crippen LogP contribution in [0.4, 0.5) is 11.4 Å². The topological polar surface area (TPSA) is 110 Å². The van der Waals surface area contributed by atoms with E-state index in [1.165, 1.54) is 44.4 Å². The minimum Gasteiger partial charge on any atom is -0.497 e. The van der Waals surface area contributed by atoms with Gasteiger partial charge in [-0.25, -0.2) is 21.1 Å². The van der Waals surface area contributed by atoms with Crippen LogP contribution < -0.4 is 13.8 Å². The van der Waals surface area contributed by atoms with E-state index in [0.717, 1.165) is 4.31 Å². The molecule has 0 bridgehead atoms. The Bertz CT molecular complexity index is 1080. The molecule has 1 aliphatic heterocycles. The number of benzene rings is 2. The first-order chi connectivity index (χ1) is 12.6. The number of methoxy groups -OCH3 is 1. The second kappa shape index (κ2) is 6.86. The molecule has 27 heavy (non-hydrogen) atoms. The van der Waals surface area contributed by atoms with Gasteiger partial charge in [0.2, 0.25) is 15.9 Å². The lowest BCUT2D eigenvalue weighted by Gasteiger charge is -2.16. The van der Waals surface area contributed by atoms with Gasteiger partial charge in [-0.1, -0.05) is 13.0 Å². The molecule has 2 aromatic rings. The number of ether oxygens (including phenoxy) is 1. The summed E-state index contributed by atoms with van der Waals surface area (Å²) < 4.78 is 57.5. The summed E-state index contributed by atoms with van der Waals surface area (Å²) >= 11 is 0. The summed E-state index contributed by atoms with van der Waals surface area (Å²) in [4.78, 5) is 12.0. The van der Waals surface area contributed by atoms with Crippen LogP contribution in [0.3, 0.4) is 0 Å². The van der Waals surface area contributed by atoms with Crippen molar-refractivity contribution in [1.29, 1.82) is 0 Å². The van der Waals surface area contributed by atoms with Gasteiger partial charge in [0.05, 0.1) is 35.1 Å². The summed E-state index contributed by atoms with van der Waals surface area (Å²) in [6.07, 6.45) is 0. The smallest absolute Gasteiger partial charge is 0.261 e. The van der Waals surface area contributed by atoms with Crippen LogP contribution in [-0.4, -0.2) is 35.6 Å². The van der Waals surface area contributed by atoms with Crippen molar-refractivity contribution in [2.45, 2.75) is 11.8 Å². The highest BCUT2D eigenvalue weighted by atomic mass is 32.2. The summed E-state index contributed by atoms with van der Waals surface area (Å²) in [5.41, 5.74) is 0.439. The average molecular weight is 410 g/mol. The van der Waals surface area contributed by atoms with Crippen molar-refractivity contribution in [2.75, 3.05) is 21.9 Å². The first-order valence-electron chi connectivity index (χ1n) is 7.98. The average Bonchev–Trinajstić information content (AvgIpc) is 2.82. The van der Waals surface area contributed by atoms with Crippen LogP contribution in [0.25, 0.3) is 0 Å². The van der Waals surface area contributed by atoms with Gasteiger partial charge in [-0.05, 0) is 36.4 Å². The third-order valence-corrected chi connectivity index (χ3v) is 7.33. The van der Waals surface area contributed by atoms with Crippen molar-refractivity contribution in [3.05, 3.63) is 48.5 Å². The lowest BCUT2D eigenvalue weighted by molar-refractivity contribution is -0.119. The van der Waals surface area contributed by atoms with E-state index < -0.39 is 31.9 Å². The van der Waals surface area contributed by atoms with Gasteiger partial charge in [-0.2, -0.15) is 0 Å². The van der Waals surface area contributed by atoms with Gasteiger partial charge < -0.3 is 4.74 Å². The fraction of sp³-hybridized carbons (Fsp3) is 0.235. The fourth-order valence-electron chi connectivity index (χ4n) is 2.75. The van der Waals surface area contributed by atoms with Gasteiger partial charge >= 0.3 is 0 Å². The van der Waals surface area contributed by atoms with Crippen LogP contribution in [0.5, 0.6) is 5.75 Å². The molecule has 0 spiro atoms. The number of nitrogens with zero attached hydrogens (tertiary/aromatic N) is 1. The summed E-state index contributed by atoms with van der Waals surface area (Å²) in [5.74, 6) is -0.922. The number of nitrogens with one attached hydrogen (secondary N) is 1. The number of anilines is 2. The molecule has 3 rings (SSSR count). The standard InChI is InChI=1S/C17H18N2O6S2/c1-12-11-26(21,22)19(17(12)20)14-6-8-16(9-7-14)27(23,24)18-13-4-3-5-15(10-13)25-2/h3-10,12,18H,11H2,1-2H3/t12-/m1/s1. The van der Waals surface area contributed by atoms with Gasteiger partial charge in [-0.15, -0.1) is 0 Å². The van der Waals surface area contributed by atoms with Gasteiger partial charge in [0.1, 0.15) is 5.75 Å². The fourth-order valence-corrected chi connectivity index (χ4v) is 5.62. The number of rotatable bonds is 5. The van der Waals surface area contributed by atoms with E-state index >= 15 is 0 Å². The van der Waals surface area contributed by atoms with Gasteiger partial charge in [-0.3, -0.25) is 9.52 Å². The van der Waals surface area contributed by atoms with E-state index in [0.29, 0.717) is 11.4 Å². The van der Waals surface area contributed by atoms with Crippen LogP contribution in [0.1, 0.15) is 6.92 Å². The largest absolute Gasteiger partial charge is 0.497 e. The Kier molecular flexibility index (Phi) is 4.87. The zero-order chi connectivity index (χ0) is 19.8. The van der Waals surface area contributed by atoms with E-state index in [9.17, 15) is 21.6 Å². The van der Waals surface area contributed by atoms with Crippen molar-refractivity contribution in [3.8, 4) is 5.75 Å². The van der Waals surface area contributed by atoms with Crippen LogP contribution in [-0.2, 0) is 24.8 Å². The molecule has 0 radical (unpaired) electrons. The Morgan fingerprint density at radius 2 is 1.81 bits per heavy atom. The molecule has 1 N–H and O–H groups in total. The Morgan fingerprint density at radius 3 is 2.37 bits per heavy atom. The second-order valence-corrected chi connectivity index (χ2v) is 9.66. The summed E-state index contributed by atoms with van der Waals surface area (Å²) in [5, 5.41) is 0. The molecule has 1 aliphatic rings. The molecule has 2 aromatic carbocycles. The second-order valence-electron chi connectivity index (χ2n) is 6.11. The van der Waals surface area contributed by atoms with Crippen LogP contribution in [0.2, 0.25) is 0 Å². The number of hydrogen-bond acceptors (Lipinski definition) is 6. The zero-order valence-electron chi connectivity index (χ0n) is 14.6. The maximum absolute atomic E-state index is 12.5. The molecule has 10 heteroatoms. The van der Waals surface area contributed by atoms with Crippen LogP contribution >= 0.6 is 0 Å². The normalized spacial score (nSPS) is 19.1. The van der Waals surface area contributed by atoms with Crippen molar-refractivity contribution in [3.63, 3.8) is 0 Å². The predicted octanol–water partition coefficient (Wildman–Crippen LogP) is 1.81. The number of carbonyl (C=O) groups excluding carboxylic acids is 1. The molecule has 1 fully saturated rings. The predicted molar refractivity (Wildman–Crippen MR) is 101 cm³/mol. The monoisotopic (exact) mass is 410 g/mol. The number of hydrogen-bond donors (Lipinski definition) is 1. The first-order valence-corrected chi connectivity index (χ1v) is 11.1. The Morgan fingerprint density at radius 1 is 1.15 bits per heavy atom. The quantitative estimate of drug-likeness (QED) is 0.805. The molecular formula is C17H18N2O6S2. The van der Waals surface area contributed by atoms with E-state index in [4.69, 9.17) is 4.74 Å². The third kappa shape index (κ3) is 3.76. The summed E-state index contributed by atoms with van der Waals surface area (Å²) in [6.45, 7) is 1.54. The molecule has 1 amide bonds. The number of amides is 1. The minimum absolute atomic E-state index is 0.0637. The number of sulfonamides is 2. The lowest BCUT2D eigenvalue weighted by atomic mass is 10.2. The molecule has 1 atom stereocenters. The zero-order valence-corrected chi connectivity index (χ0v) is 16.2. The molecule has 1 heterocycles. The van der Waals surface area contributed by atoms with Crippen LogP contribution in [0.15, 0.2) is 53.4 Å². The SMILES string of the molecule is COc1cccc(NS(=O)(=O)c2ccc(N3C(=O)[C@H](C)CS3(=O)=O)cc2)c1. The van der Waals surface area contributed by atoms with Crippen molar-refractivity contribution >= 4 is 37.3 Å². The Hall–Kier alpha value is -2.59. The molecule has 1 saturated heterocycles. The van der Waals surface area contributed by atoms with E-state index in [1.54, 1.807) is 18.2 Å². The van der Waals surface area contributed by atoms with Gasteiger partial charge in [0.25, 0.3) is 10.0 Å². The molecular weight excluding hydrogens is 392 g/mol. The van der Waals surface area contributed by atoms with Crippen molar-refractivity contribution in [1.82, 2.24) is 0 Å². The molecule has 8 nitrogen and oxygen atoms in total. The molecule has 0 unspecified atom stereocenters. The lowest BCUT2D eigenvalue weighted by Crippen LogP contribution is -2.30. The minimum atomic E-state index is -3.89. The molecule has 144 valence electrons. The van der Waals surface area contributed by atoms with E-state index in [1.807, 2.05) is 0 Å². The highest BCUT2D eigenvalue weighted by Gasteiger charge is 2.41. The third-order valence-electron chi connectivity index (χ3n) is 4.06. The Balaban J connectivity index is 1.87. The summed E-state index contributed by atoms with van der Waals surface area (Å²) in [7, 11) is -6.16. The highest BCUT2D eigenvalue weighted by molar-refractivity contribution is 7.94. The first kappa shape index (κ1) is 19.2. The number of carbonyl (C=O) groups is 1. The molecule has 0 aliphatic carbocycles. The molecule has 0 saturated carbocycles. The van der Waals surface area contributed by atoms with E-state index in [-0.39, 0.29) is 16.3 Å². The van der Waals surface area contributed by atoms with Crippen molar-refractivity contribution in [2.24, 2.45) is 5.92 Å². The maximum Gasteiger partial charge on any atom is 0.261 e. The molecule has 0 aromatic heterocycles. The van der Waals surface area contributed by atoms with Crippen molar-refractivity contribution < 1.29 is 26.4 Å². The summed E-state index contributed by atoms with van der Waals surface area (Å²) in [6, 6.07) is 11.5. The van der Waals surface area contributed by atoms with Crippen LogP contribution in [0, 0.1) is 5.92 Å². The van der Waals surface area contributed by atoms with E-state index in [2.05, 4.69) is 4.72 Å². The van der Waals surface area contributed by atoms with Gasteiger partial charge in [0.15, 0.2) is 0 Å². The highest BCUT2D eigenvalue weighted by Crippen LogP contribution is 2.29. The Labute approximate surface area is 157 Å². The maximum atomic E-state index is 12.5.